The molecular formula is C66H87FN12O10. The van der Waals surface area contributed by atoms with Gasteiger partial charge in [-0.1, -0.05) is 63.8 Å². The molecule has 1 aliphatic carbocycles. The van der Waals surface area contributed by atoms with Gasteiger partial charge in [0.25, 0.3) is 0 Å². The number of fused-ring (bicyclic) bond motifs is 8. The number of pyridine rings is 1. The number of carbonyl (C=O) groups excluding carboxylic acids is 5. The largest absolute Gasteiger partial charge is 0.491 e. The minimum Gasteiger partial charge on any atom is -0.491 e. The molecule has 478 valence electrons. The Morgan fingerprint density at radius 1 is 0.921 bits per heavy atom. The first kappa shape index (κ1) is 66.9. The Morgan fingerprint density at radius 3 is 2.36 bits per heavy atom. The minimum absolute atomic E-state index is 0.0511. The molecule has 3 aliphatic heterocycles. The highest BCUT2D eigenvalue weighted by Crippen LogP contribution is 2.39. The Hall–Kier alpha value is -8.01. The number of likely N-dealkylation sites (N-methyl/N-ethyl adjacent to an activating group) is 1. The summed E-state index contributed by atoms with van der Waals surface area (Å²) in [5.41, 5.74) is 12.8. The van der Waals surface area contributed by atoms with Crippen molar-refractivity contribution < 1.29 is 52.0 Å². The molecule has 22 nitrogen and oxygen atoms in total. The lowest BCUT2D eigenvalue weighted by Gasteiger charge is -2.41. The van der Waals surface area contributed by atoms with Gasteiger partial charge in [-0.15, -0.1) is 0 Å². The van der Waals surface area contributed by atoms with Crippen molar-refractivity contribution in [3.8, 4) is 22.9 Å². The van der Waals surface area contributed by atoms with Crippen molar-refractivity contribution in [2.45, 2.75) is 129 Å². The standard InChI is InChI=1S/C66H87FN12O10/c1-43-35-49(67)15-11-19-59(81)76(7)42-53-60(47-38-55(62(69)72-40-47)77-24-12-18-54(43)77)57(39-68)79(75-53)25-23-71-58(80)22-26-85-27-28-86-29-30-87-31-32-88-33-34-89-50-21-20-46-37-56(64(83)73-52-17-10-14-45-13-8-9-16-51(45)52)78(41-48(46)36-50)65(84)61(66(3,4)5)74-63(82)44(2)70-6/h8-9,11,13,15-16,20-21,35-36,38,40,44,52,54,56,61,70H,1,10,12,14,17-19,22-34,37,41-42H2,2-7H3,(H2,69,72)(H,71,80)(H,73,83)(H,74,82)/b15-11-,49-35+/t44-,52+,54+,56-,61+/m0/s1. The number of aryl methyl sites for hydroxylation is 1. The topological polar surface area (TPSA) is 270 Å². The Balaban J connectivity index is 0.726. The summed E-state index contributed by atoms with van der Waals surface area (Å²) in [4.78, 5) is 77.9. The fourth-order valence-corrected chi connectivity index (χ4v) is 11.6. The Labute approximate surface area is 521 Å². The van der Waals surface area contributed by atoms with Crippen molar-refractivity contribution in [2.75, 3.05) is 97.3 Å². The zero-order chi connectivity index (χ0) is 63.6. The van der Waals surface area contributed by atoms with Crippen molar-refractivity contribution in [1.29, 1.82) is 5.26 Å². The molecule has 1 saturated heterocycles. The van der Waals surface area contributed by atoms with Gasteiger partial charge < -0.3 is 65.4 Å². The first-order valence-electron chi connectivity index (χ1n) is 30.8. The molecule has 23 heteroatoms. The van der Waals surface area contributed by atoms with Gasteiger partial charge in [0.1, 0.15) is 47.8 Å². The van der Waals surface area contributed by atoms with Gasteiger partial charge in [-0.05, 0) is 110 Å². The van der Waals surface area contributed by atoms with E-state index in [-0.39, 0.29) is 112 Å². The Bertz CT molecular complexity index is 3260. The number of nitrogen functional groups attached to an aromatic ring is 1. The zero-order valence-corrected chi connectivity index (χ0v) is 52.2. The lowest BCUT2D eigenvalue weighted by molar-refractivity contribution is -0.147. The molecule has 0 unspecified atom stereocenters. The van der Waals surface area contributed by atoms with Crippen molar-refractivity contribution in [3.63, 3.8) is 0 Å². The van der Waals surface area contributed by atoms with E-state index in [9.17, 15) is 33.6 Å². The number of aromatic nitrogens is 3. The molecule has 5 amide bonds. The van der Waals surface area contributed by atoms with Crippen molar-refractivity contribution in [1.82, 2.24) is 45.8 Å². The second-order valence-corrected chi connectivity index (χ2v) is 23.9. The number of hydrogen-bond acceptors (Lipinski definition) is 16. The number of nitriles is 1. The number of nitrogens with two attached hydrogens (primary N) is 1. The van der Waals surface area contributed by atoms with Crippen LogP contribution in [0.3, 0.4) is 0 Å². The summed E-state index contributed by atoms with van der Waals surface area (Å²) in [7, 11) is 3.30. The van der Waals surface area contributed by atoms with Crippen LogP contribution in [0.1, 0.15) is 106 Å². The van der Waals surface area contributed by atoms with Gasteiger partial charge in [0, 0.05) is 63.3 Å². The van der Waals surface area contributed by atoms with E-state index in [1.807, 2.05) is 57.2 Å². The van der Waals surface area contributed by atoms with Gasteiger partial charge in [0.05, 0.1) is 95.5 Å². The van der Waals surface area contributed by atoms with Crippen molar-refractivity contribution in [2.24, 2.45) is 5.41 Å². The van der Waals surface area contributed by atoms with Crippen LogP contribution < -0.4 is 36.6 Å². The third-order valence-electron chi connectivity index (χ3n) is 16.5. The SMILES string of the molecule is C=C1/C=C(F)\C=C/CC(=O)N(C)Cc2nn(CCNC(=O)CCOCCOCCOCCOCCOc3ccc4c(c3)CN(C(=O)[C@@H](NC(=O)[C@H](C)NC)C(C)(C)C)[C@H](C(=O)N[C@@H]3CCCc5ccccc53)C4)c(C#N)c2-c2cnc(N)c(c2)N2CCC[C@H]12. The zero-order valence-electron chi connectivity index (χ0n) is 52.2. The lowest BCUT2D eigenvalue weighted by Crippen LogP contribution is -2.62. The van der Waals surface area contributed by atoms with Crippen LogP contribution in [0, 0.1) is 16.7 Å². The molecule has 2 aromatic heterocycles. The summed E-state index contributed by atoms with van der Waals surface area (Å²) < 4.78 is 45.2. The van der Waals surface area contributed by atoms with Crippen LogP contribution in [0.15, 0.2) is 90.9 Å². The predicted octanol–water partition coefficient (Wildman–Crippen LogP) is 5.93. The van der Waals surface area contributed by atoms with Gasteiger partial charge in [0.2, 0.25) is 29.5 Å². The second-order valence-electron chi connectivity index (χ2n) is 23.9. The maximum atomic E-state index is 14.9. The number of ether oxygens (including phenoxy) is 5. The van der Waals surface area contributed by atoms with Gasteiger partial charge in [-0.3, -0.25) is 28.7 Å². The predicted molar refractivity (Wildman–Crippen MR) is 335 cm³/mol. The van der Waals surface area contributed by atoms with E-state index < -0.39 is 29.4 Å². The molecule has 5 heterocycles. The van der Waals surface area contributed by atoms with Gasteiger partial charge in [-0.2, -0.15) is 10.4 Å². The molecule has 2 aromatic carbocycles. The number of nitrogens with one attached hydrogen (secondary N) is 4. The van der Waals surface area contributed by atoms with E-state index in [0.29, 0.717) is 86.4 Å². The van der Waals surface area contributed by atoms with Crippen LogP contribution in [0.25, 0.3) is 11.1 Å². The van der Waals surface area contributed by atoms with E-state index in [0.717, 1.165) is 48.8 Å². The highest BCUT2D eigenvalue weighted by Gasteiger charge is 2.43. The molecule has 8 rings (SSSR count). The smallest absolute Gasteiger partial charge is 0.246 e. The summed E-state index contributed by atoms with van der Waals surface area (Å²) in [5, 5.41) is 27.4. The highest BCUT2D eigenvalue weighted by molar-refractivity contribution is 5.94. The monoisotopic (exact) mass is 1230 g/mol. The molecule has 0 spiro atoms. The van der Waals surface area contributed by atoms with E-state index in [1.165, 1.54) is 33.4 Å². The fraction of sp³-hybridized carbons (Fsp3) is 0.515. The molecular weight excluding hydrogens is 1140 g/mol. The number of halogens is 1. The molecule has 1 fully saturated rings. The summed E-state index contributed by atoms with van der Waals surface area (Å²) in [5.74, 6) is -1.02. The third kappa shape index (κ3) is 17.9. The van der Waals surface area contributed by atoms with Gasteiger partial charge >= 0.3 is 0 Å². The first-order valence-corrected chi connectivity index (χ1v) is 30.8. The average molecular weight is 1230 g/mol. The normalized spacial score (nSPS) is 19.3. The maximum Gasteiger partial charge on any atom is 0.246 e. The molecule has 89 heavy (non-hydrogen) atoms. The quantitative estimate of drug-likeness (QED) is 0.0481. The summed E-state index contributed by atoms with van der Waals surface area (Å²) in [6.45, 7) is 15.5. The average Bonchev–Trinajstić information content (AvgIpc) is 2.90. The fourth-order valence-electron chi connectivity index (χ4n) is 11.6. The molecule has 4 aromatic rings. The number of amides is 5. The second kappa shape index (κ2) is 31.9. The number of carbonyl (C=O) groups is 5. The van der Waals surface area contributed by atoms with E-state index >= 15 is 0 Å². The van der Waals surface area contributed by atoms with Crippen LogP contribution in [0.5, 0.6) is 5.75 Å². The Kier molecular flexibility index (Phi) is 24.0. The highest BCUT2D eigenvalue weighted by atomic mass is 19.1. The number of rotatable bonds is 25. The first-order chi connectivity index (χ1) is 42.8. The number of nitrogens with zero attached hydrogens (tertiary/aromatic N) is 7. The van der Waals surface area contributed by atoms with E-state index in [1.54, 1.807) is 32.1 Å². The minimum atomic E-state index is -0.896. The molecule has 2 bridgehead atoms. The van der Waals surface area contributed by atoms with Crippen LogP contribution in [0.4, 0.5) is 15.9 Å². The van der Waals surface area contributed by atoms with Crippen molar-refractivity contribution in [3.05, 3.63) is 125 Å². The molecule has 5 atom stereocenters. The summed E-state index contributed by atoms with van der Waals surface area (Å²) in [6, 6.07) is 15.4. The van der Waals surface area contributed by atoms with Crippen LogP contribution in [-0.4, -0.2) is 165 Å². The number of benzene rings is 2. The van der Waals surface area contributed by atoms with E-state index in [2.05, 4.69) is 55.9 Å². The lowest BCUT2D eigenvalue weighted by atomic mass is 9.83. The number of hydrogen-bond donors (Lipinski definition) is 5. The van der Waals surface area contributed by atoms with Crippen LogP contribution >= 0.6 is 0 Å². The maximum absolute atomic E-state index is 14.9. The Morgan fingerprint density at radius 2 is 1.64 bits per heavy atom. The number of anilines is 2. The van der Waals surface area contributed by atoms with Crippen LogP contribution in [0.2, 0.25) is 0 Å². The van der Waals surface area contributed by atoms with Gasteiger partial charge in [-0.25, -0.2) is 9.37 Å². The van der Waals surface area contributed by atoms with Gasteiger partial charge in [0.15, 0.2) is 0 Å². The summed E-state index contributed by atoms with van der Waals surface area (Å²) >= 11 is 0. The molecule has 0 saturated carbocycles. The molecule has 4 aliphatic rings. The molecule has 6 N–H and O–H groups in total. The third-order valence-corrected chi connectivity index (χ3v) is 16.5. The molecule has 0 radical (unpaired) electrons. The van der Waals surface area contributed by atoms with Crippen molar-refractivity contribution >= 4 is 41.0 Å². The van der Waals surface area contributed by atoms with E-state index in [4.69, 9.17) is 34.5 Å². The van der Waals surface area contributed by atoms with Crippen LogP contribution in [-0.2, 0) is 75.4 Å². The number of allylic oxidation sites excluding steroid dienone is 2. The summed E-state index contributed by atoms with van der Waals surface area (Å²) in [6.07, 6.45) is 10.3.